The van der Waals surface area contributed by atoms with Crippen LogP contribution in [-0.4, -0.2) is 71.2 Å². The van der Waals surface area contributed by atoms with Crippen LogP contribution in [0.4, 0.5) is 13.6 Å². The molecule has 1 unspecified atom stereocenters. The Morgan fingerprint density at radius 3 is 2.61 bits per heavy atom. The van der Waals surface area contributed by atoms with Crippen molar-refractivity contribution in [3.63, 3.8) is 0 Å². The molecule has 0 aromatic heterocycles. The maximum absolute atomic E-state index is 17.4. The van der Waals surface area contributed by atoms with Gasteiger partial charge in [0.15, 0.2) is 17.2 Å². The highest BCUT2D eigenvalue weighted by molar-refractivity contribution is 6.01. The number of nitrogens with one attached hydrogen (secondary N) is 1. The Morgan fingerprint density at radius 2 is 1.92 bits per heavy atom. The number of hydrogen-bond acceptors (Lipinski definition) is 8. The van der Waals surface area contributed by atoms with Gasteiger partial charge in [-0.1, -0.05) is 13.0 Å². The molecule has 0 radical (unpaired) electrons. The maximum Gasteiger partial charge on any atom is 0.410 e. The molecular formula is C27H33F2NO8. The second-order valence-corrected chi connectivity index (χ2v) is 12.5. The molecule has 208 valence electrons. The van der Waals surface area contributed by atoms with E-state index in [2.05, 4.69) is 5.32 Å². The molecule has 6 aliphatic rings. The van der Waals surface area contributed by atoms with Crippen molar-refractivity contribution in [3.05, 3.63) is 23.8 Å². The number of carbonyl (C=O) groups is 3. The molecule has 6 rings (SSSR count). The topological polar surface area (TPSA) is 120 Å². The first-order valence-electron chi connectivity index (χ1n) is 13.1. The highest BCUT2D eigenvalue weighted by Gasteiger charge is 2.80. The van der Waals surface area contributed by atoms with Crippen LogP contribution in [0.2, 0.25) is 0 Å². The molecule has 2 heterocycles. The Balaban J connectivity index is 1.38. The van der Waals surface area contributed by atoms with E-state index in [4.69, 9.17) is 18.9 Å². The van der Waals surface area contributed by atoms with Gasteiger partial charge in [-0.3, -0.25) is 9.59 Å². The van der Waals surface area contributed by atoms with E-state index in [1.54, 1.807) is 20.8 Å². The zero-order valence-electron chi connectivity index (χ0n) is 21.8. The lowest BCUT2D eigenvalue weighted by Crippen LogP contribution is -2.70. The zero-order valence-corrected chi connectivity index (χ0v) is 21.8. The van der Waals surface area contributed by atoms with Gasteiger partial charge >= 0.3 is 12.1 Å². The summed E-state index contributed by atoms with van der Waals surface area (Å²) in [6.45, 7) is 6.66. The van der Waals surface area contributed by atoms with Crippen LogP contribution in [0.3, 0.4) is 0 Å². The van der Waals surface area contributed by atoms with Gasteiger partial charge in [-0.05, 0) is 63.7 Å². The van der Waals surface area contributed by atoms with Crippen LogP contribution >= 0.6 is 0 Å². The third-order valence-corrected chi connectivity index (χ3v) is 9.95. The van der Waals surface area contributed by atoms with Gasteiger partial charge in [-0.2, -0.15) is 0 Å². The predicted octanol–water partition coefficient (Wildman–Crippen LogP) is 2.80. The molecule has 5 fully saturated rings. The second kappa shape index (κ2) is 7.85. The lowest BCUT2D eigenvalue weighted by atomic mass is 9.45. The number of aliphatic hydroxyl groups is 1. The summed E-state index contributed by atoms with van der Waals surface area (Å²) in [5.74, 6) is -5.25. The number of halogens is 2. The molecule has 2 N–H and O–H groups in total. The van der Waals surface area contributed by atoms with E-state index in [0.717, 1.165) is 6.08 Å². The van der Waals surface area contributed by atoms with E-state index < -0.39 is 82.2 Å². The molecule has 0 bridgehead atoms. The first-order chi connectivity index (χ1) is 17.7. The molecule has 0 spiro atoms. The number of alkyl halides is 2. The van der Waals surface area contributed by atoms with E-state index in [1.807, 2.05) is 0 Å². The first-order valence-corrected chi connectivity index (χ1v) is 13.1. The number of ether oxygens (including phenoxy) is 4. The number of fused-ring (bicyclic) bond motifs is 7. The minimum absolute atomic E-state index is 0.00176. The number of hydrogen-bond donors (Lipinski definition) is 2. The third-order valence-electron chi connectivity index (χ3n) is 9.95. The SMILES string of the molecule is CC1(C)O[C@@H]2C[C@H]3[C@@H]4C[C@H](F)C5=CC(=O)C=C[C@]5(C)[C@@]4(F)[C@@H](O)C[C@]3(C)[C@]2(OC(=O)NC2COC(=O)C2)O1. The summed E-state index contributed by atoms with van der Waals surface area (Å²) in [5, 5.41) is 14.2. The maximum atomic E-state index is 17.4. The number of rotatable bonds is 2. The predicted molar refractivity (Wildman–Crippen MR) is 126 cm³/mol. The Morgan fingerprint density at radius 1 is 1.18 bits per heavy atom. The fourth-order valence-electron chi connectivity index (χ4n) is 8.32. The van der Waals surface area contributed by atoms with Crippen LogP contribution in [0.15, 0.2) is 23.8 Å². The standard InChI is InChI=1S/C27H33F2NO8/c1-23(2)36-20-10-15-16-9-18(28)17-8-14(31)5-6-24(17,3)26(16,29)19(32)11-25(15,4)27(20,38-23)37-22(34)30-13-7-21(33)35-12-13/h5-6,8,13,15-16,18-20,32H,7,9-12H2,1-4H3,(H,30,34)/t13?,15-,16-,18-,19-,20+,24-,25-,26-,27+/m0/s1. The van der Waals surface area contributed by atoms with Gasteiger partial charge in [0, 0.05) is 16.7 Å². The molecule has 3 saturated carbocycles. The largest absolute Gasteiger partial charge is 0.463 e. The molecule has 2 aliphatic heterocycles. The lowest BCUT2D eigenvalue weighted by Gasteiger charge is -2.62. The van der Waals surface area contributed by atoms with Gasteiger partial charge in [0.1, 0.15) is 18.9 Å². The highest BCUT2D eigenvalue weighted by atomic mass is 19.1. The second-order valence-electron chi connectivity index (χ2n) is 12.5. The van der Waals surface area contributed by atoms with Crippen molar-refractivity contribution >= 4 is 17.8 Å². The van der Waals surface area contributed by atoms with Crippen molar-refractivity contribution in [3.8, 4) is 0 Å². The molecule has 38 heavy (non-hydrogen) atoms. The monoisotopic (exact) mass is 537 g/mol. The fourth-order valence-corrected chi connectivity index (χ4v) is 8.32. The average molecular weight is 538 g/mol. The van der Waals surface area contributed by atoms with Gasteiger partial charge in [0.05, 0.1) is 18.6 Å². The summed E-state index contributed by atoms with van der Waals surface area (Å²) in [4.78, 5) is 36.6. The van der Waals surface area contributed by atoms with Gasteiger partial charge in [0.25, 0.3) is 0 Å². The molecule has 0 aromatic rings. The Kier molecular flexibility index (Phi) is 5.35. The Labute approximate surface area is 218 Å². The van der Waals surface area contributed by atoms with Gasteiger partial charge in [0.2, 0.25) is 5.79 Å². The van der Waals surface area contributed by atoms with Crippen LogP contribution in [0.1, 0.15) is 53.4 Å². The number of alkyl carbamates (subject to hydrolysis) is 1. The number of esters is 1. The first kappa shape index (κ1) is 25.9. The van der Waals surface area contributed by atoms with E-state index in [1.165, 1.54) is 19.1 Å². The lowest BCUT2D eigenvalue weighted by molar-refractivity contribution is -0.310. The quantitative estimate of drug-likeness (QED) is 0.516. The fraction of sp³-hybridized carbons (Fsp3) is 0.741. The number of carbonyl (C=O) groups excluding carboxylic acids is 3. The molecule has 0 aromatic carbocycles. The van der Waals surface area contributed by atoms with Crippen LogP contribution in [0, 0.1) is 22.7 Å². The molecular weight excluding hydrogens is 504 g/mol. The van der Waals surface area contributed by atoms with Crippen molar-refractivity contribution in [2.45, 2.75) is 95.0 Å². The highest BCUT2D eigenvalue weighted by Crippen LogP contribution is 2.72. The summed E-state index contributed by atoms with van der Waals surface area (Å²) in [6.07, 6.45) is -1.25. The number of amides is 1. The number of cyclic esters (lactones) is 1. The number of aliphatic hydroxyl groups excluding tert-OH is 1. The zero-order chi connectivity index (χ0) is 27.5. The van der Waals surface area contributed by atoms with E-state index >= 15 is 8.78 Å². The van der Waals surface area contributed by atoms with Crippen molar-refractivity contribution in [1.82, 2.24) is 5.32 Å². The van der Waals surface area contributed by atoms with Crippen molar-refractivity contribution in [2.24, 2.45) is 22.7 Å². The summed E-state index contributed by atoms with van der Waals surface area (Å²) in [6, 6.07) is -0.572. The molecule has 10 atom stereocenters. The van der Waals surface area contributed by atoms with Gasteiger partial charge < -0.3 is 29.4 Å². The summed E-state index contributed by atoms with van der Waals surface area (Å²) < 4.78 is 56.5. The number of allylic oxidation sites excluding steroid dienone is 4. The van der Waals surface area contributed by atoms with E-state index in [9.17, 15) is 19.5 Å². The average Bonchev–Trinajstić information content (AvgIpc) is 3.40. The Hall–Kier alpha value is -2.37. The minimum atomic E-state index is -2.28. The molecule has 11 heteroatoms. The number of ketones is 1. The third kappa shape index (κ3) is 3.21. The van der Waals surface area contributed by atoms with Crippen molar-refractivity contribution in [1.29, 1.82) is 0 Å². The minimum Gasteiger partial charge on any atom is -0.463 e. The molecule has 4 aliphatic carbocycles. The van der Waals surface area contributed by atoms with E-state index in [0.29, 0.717) is 0 Å². The van der Waals surface area contributed by atoms with Gasteiger partial charge in [-0.25, -0.2) is 13.6 Å². The molecule has 2 saturated heterocycles. The van der Waals surface area contributed by atoms with E-state index in [-0.39, 0.29) is 37.9 Å². The molecule has 9 nitrogen and oxygen atoms in total. The summed E-state index contributed by atoms with van der Waals surface area (Å²) >= 11 is 0. The smallest absolute Gasteiger partial charge is 0.410 e. The van der Waals surface area contributed by atoms with Crippen LogP contribution in [0.25, 0.3) is 0 Å². The van der Waals surface area contributed by atoms with Crippen LogP contribution < -0.4 is 5.32 Å². The summed E-state index contributed by atoms with van der Waals surface area (Å²) in [7, 11) is 0. The Bertz CT molecular complexity index is 1170. The van der Waals surface area contributed by atoms with Crippen molar-refractivity contribution < 1.29 is 47.2 Å². The molecule has 1 amide bonds. The normalized spacial score (nSPS) is 50.3. The van der Waals surface area contributed by atoms with Crippen LogP contribution in [-0.2, 0) is 28.5 Å². The van der Waals surface area contributed by atoms with Gasteiger partial charge in [-0.15, -0.1) is 0 Å². The van der Waals surface area contributed by atoms with Crippen molar-refractivity contribution in [2.75, 3.05) is 6.61 Å². The van der Waals surface area contributed by atoms with Crippen LogP contribution in [0.5, 0.6) is 0 Å². The summed E-state index contributed by atoms with van der Waals surface area (Å²) in [5.41, 5.74) is -4.90.